The van der Waals surface area contributed by atoms with Crippen LogP contribution in [0, 0.1) is 6.92 Å². The third kappa shape index (κ3) is 2.60. The summed E-state index contributed by atoms with van der Waals surface area (Å²) in [5, 5.41) is 11.2. The Morgan fingerprint density at radius 1 is 1.28 bits per heavy atom. The molecule has 2 rings (SSSR count). The molecule has 0 aliphatic carbocycles. The van der Waals surface area contributed by atoms with E-state index in [2.05, 4.69) is 0 Å². The van der Waals surface area contributed by atoms with Gasteiger partial charge in [-0.05, 0) is 47.7 Å². The fourth-order valence-corrected chi connectivity index (χ4v) is 2.45. The Morgan fingerprint density at radius 3 is 2.44 bits per heavy atom. The van der Waals surface area contributed by atoms with Crippen LogP contribution in [0.5, 0.6) is 0 Å². The first-order valence-electron chi connectivity index (χ1n) is 5.43. The molecule has 1 aromatic carbocycles. The molecule has 0 atom stereocenters. The smallest absolute Gasteiger partial charge is 0.336 e. The number of hydrogen-bond donors (Lipinski definition) is 2. The molecule has 1 heterocycles. The Hall–Kier alpha value is -2.07. The molecule has 0 fully saturated rings. The van der Waals surface area contributed by atoms with E-state index in [1.165, 1.54) is 11.3 Å². The molecule has 0 aliphatic heterocycles. The number of aliphatic carboxylic acids is 1. The largest absolute Gasteiger partial charge is 0.478 e. The van der Waals surface area contributed by atoms with Crippen molar-refractivity contribution in [3.63, 3.8) is 0 Å². The monoisotopic (exact) mass is 259 g/mol. The Labute approximate surface area is 109 Å². The zero-order valence-electron chi connectivity index (χ0n) is 9.88. The van der Waals surface area contributed by atoms with Crippen LogP contribution in [0.15, 0.2) is 35.7 Å². The minimum absolute atomic E-state index is 0.278. The van der Waals surface area contributed by atoms with E-state index in [4.69, 9.17) is 5.73 Å². The molecule has 3 N–H and O–H groups in total. The summed E-state index contributed by atoms with van der Waals surface area (Å²) in [5.74, 6) is -0.937. The van der Waals surface area contributed by atoms with Gasteiger partial charge in [0.2, 0.25) is 0 Å². The van der Waals surface area contributed by atoms with Crippen LogP contribution in [0.1, 0.15) is 16.0 Å². The molecule has 0 saturated carbocycles. The molecular weight excluding hydrogens is 246 g/mol. The Balaban J connectivity index is 2.47. The quantitative estimate of drug-likeness (QED) is 0.657. The Morgan fingerprint density at radius 2 is 1.94 bits per heavy atom. The Bertz CT molecular complexity index is 597. The second-order valence-electron chi connectivity index (χ2n) is 3.95. The van der Waals surface area contributed by atoms with Gasteiger partial charge in [0, 0.05) is 10.6 Å². The van der Waals surface area contributed by atoms with Crippen LogP contribution in [0.4, 0.5) is 5.69 Å². The number of nitrogens with two attached hydrogens (primary N) is 1. The van der Waals surface area contributed by atoms with E-state index >= 15 is 0 Å². The van der Waals surface area contributed by atoms with Crippen molar-refractivity contribution >= 4 is 34.6 Å². The number of thiophene rings is 1. The lowest BCUT2D eigenvalue weighted by Crippen LogP contribution is -1.99. The molecule has 18 heavy (non-hydrogen) atoms. The van der Waals surface area contributed by atoms with Crippen LogP contribution in [-0.2, 0) is 4.79 Å². The van der Waals surface area contributed by atoms with Gasteiger partial charge in [-0.3, -0.25) is 0 Å². The number of hydrogen-bond acceptors (Lipinski definition) is 3. The highest BCUT2D eigenvalue weighted by Gasteiger charge is 2.11. The van der Waals surface area contributed by atoms with Crippen LogP contribution in [0.2, 0.25) is 0 Å². The first kappa shape index (κ1) is 12.4. The summed E-state index contributed by atoms with van der Waals surface area (Å²) in [4.78, 5) is 12.3. The van der Waals surface area contributed by atoms with Gasteiger partial charge in [0.25, 0.3) is 0 Å². The molecule has 0 amide bonds. The summed E-state index contributed by atoms with van der Waals surface area (Å²) in [7, 11) is 0. The molecule has 0 bridgehead atoms. The molecule has 0 aliphatic rings. The molecule has 3 nitrogen and oxygen atoms in total. The number of carboxylic acids is 1. The Kier molecular flexibility index (Phi) is 3.48. The normalized spacial score (nSPS) is 11.5. The first-order valence-corrected chi connectivity index (χ1v) is 6.31. The summed E-state index contributed by atoms with van der Waals surface area (Å²) >= 11 is 1.53. The second-order valence-corrected chi connectivity index (χ2v) is 4.90. The minimum atomic E-state index is -0.937. The molecule has 0 radical (unpaired) electrons. The molecule has 2 aromatic rings. The van der Waals surface area contributed by atoms with Crippen molar-refractivity contribution in [3.05, 3.63) is 51.7 Å². The van der Waals surface area contributed by atoms with Crippen molar-refractivity contribution < 1.29 is 9.90 Å². The first-order chi connectivity index (χ1) is 8.58. The number of benzene rings is 1. The van der Waals surface area contributed by atoms with Crippen LogP contribution < -0.4 is 5.73 Å². The van der Waals surface area contributed by atoms with Crippen molar-refractivity contribution in [2.75, 3.05) is 5.73 Å². The molecule has 0 spiro atoms. The number of nitrogen functional groups attached to an aromatic ring is 1. The lowest BCUT2D eigenvalue weighted by molar-refractivity contribution is -0.130. The van der Waals surface area contributed by atoms with Crippen molar-refractivity contribution in [1.82, 2.24) is 0 Å². The van der Waals surface area contributed by atoms with Crippen LogP contribution >= 0.6 is 11.3 Å². The predicted molar refractivity (Wildman–Crippen MR) is 75.4 cm³/mol. The lowest BCUT2D eigenvalue weighted by Gasteiger charge is -2.03. The van der Waals surface area contributed by atoms with Gasteiger partial charge in [0.05, 0.1) is 5.57 Å². The SMILES string of the molecule is Cc1ccsc1/C=C(\C(=O)O)c1ccc(N)cc1. The zero-order valence-corrected chi connectivity index (χ0v) is 10.7. The van der Waals surface area contributed by atoms with Gasteiger partial charge < -0.3 is 10.8 Å². The average molecular weight is 259 g/mol. The van der Waals surface area contributed by atoms with E-state index in [0.717, 1.165) is 10.4 Å². The van der Waals surface area contributed by atoms with E-state index in [-0.39, 0.29) is 5.57 Å². The van der Waals surface area contributed by atoms with E-state index < -0.39 is 5.97 Å². The number of anilines is 1. The highest BCUT2D eigenvalue weighted by molar-refractivity contribution is 7.11. The average Bonchev–Trinajstić information content (AvgIpc) is 2.73. The molecule has 4 heteroatoms. The topological polar surface area (TPSA) is 63.3 Å². The maximum atomic E-state index is 11.3. The fourth-order valence-electron chi connectivity index (χ4n) is 1.59. The van der Waals surface area contributed by atoms with E-state index in [0.29, 0.717) is 11.3 Å². The second kappa shape index (κ2) is 5.06. The summed E-state index contributed by atoms with van der Waals surface area (Å²) in [6.07, 6.45) is 1.70. The van der Waals surface area contributed by atoms with Gasteiger partial charge in [-0.15, -0.1) is 11.3 Å². The number of carbonyl (C=O) groups is 1. The lowest BCUT2D eigenvalue weighted by atomic mass is 10.0. The third-order valence-electron chi connectivity index (χ3n) is 2.63. The predicted octanol–water partition coefficient (Wildman–Crippen LogP) is 3.26. The van der Waals surface area contributed by atoms with Crippen LogP contribution in [0.3, 0.4) is 0 Å². The van der Waals surface area contributed by atoms with Crippen LogP contribution in [0.25, 0.3) is 11.6 Å². The molecule has 0 saturated heterocycles. The van der Waals surface area contributed by atoms with E-state index in [1.807, 2.05) is 18.4 Å². The molecule has 0 unspecified atom stereocenters. The summed E-state index contributed by atoms with van der Waals surface area (Å²) in [5.41, 5.74) is 8.23. The van der Waals surface area contributed by atoms with Gasteiger partial charge in [-0.25, -0.2) is 4.79 Å². The minimum Gasteiger partial charge on any atom is -0.478 e. The standard InChI is InChI=1S/C14H13NO2S/c1-9-6-7-18-13(9)8-12(14(16)17)10-2-4-11(15)5-3-10/h2-8H,15H2,1H3,(H,16,17)/b12-8-. The number of aryl methyl sites for hydroxylation is 1. The van der Waals surface area contributed by atoms with Gasteiger partial charge in [0.1, 0.15) is 0 Å². The van der Waals surface area contributed by atoms with Gasteiger partial charge in [-0.1, -0.05) is 12.1 Å². The van der Waals surface area contributed by atoms with Crippen LogP contribution in [-0.4, -0.2) is 11.1 Å². The third-order valence-corrected chi connectivity index (χ3v) is 3.60. The van der Waals surface area contributed by atoms with Gasteiger partial charge in [-0.2, -0.15) is 0 Å². The maximum Gasteiger partial charge on any atom is 0.336 e. The number of rotatable bonds is 3. The summed E-state index contributed by atoms with van der Waals surface area (Å²) < 4.78 is 0. The molecule has 92 valence electrons. The maximum absolute atomic E-state index is 11.3. The molecule has 1 aromatic heterocycles. The van der Waals surface area contributed by atoms with Crippen molar-refractivity contribution in [1.29, 1.82) is 0 Å². The van der Waals surface area contributed by atoms with Gasteiger partial charge in [0.15, 0.2) is 0 Å². The summed E-state index contributed by atoms with van der Waals surface area (Å²) in [6, 6.07) is 8.82. The molecular formula is C14H13NO2S. The summed E-state index contributed by atoms with van der Waals surface area (Å²) in [6.45, 7) is 1.96. The van der Waals surface area contributed by atoms with Crippen molar-refractivity contribution in [2.45, 2.75) is 6.92 Å². The zero-order chi connectivity index (χ0) is 13.1. The highest BCUT2D eigenvalue weighted by atomic mass is 32.1. The number of carboxylic acid groups (broad SMARTS) is 1. The van der Waals surface area contributed by atoms with Crippen molar-refractivity contribution in [3.8, 4) is 0 Å². The van der Waals surface area contributed by atoms with E-state index in [9.17, 15) is 9.90 Å². The fraction of sp³-hybridized carbons (Fsp3) is 0.0714. The van der Waals surface area contributed by atoms with Gasteiger partial charge >= 0.3 is 5.97 Å². The highest BCUT2D eigenvalue weighted by Crippen LogP contribution is 2.24. The van der Waals surface area contributed by atoms with Crippen molar-refractivity contribution in [2.24, 2.45) is 0 Å². The van der Waals surface area contributed by atoms with E-state index in [1.54, 1.807) is 30.3 Å².